The SMILES string of the molecule is C#CCCC1(CCC(=O)NCCc2cnoc2)N=N1. The first kappa shape index (κ1) is 13.3. The normalized spacial score (nSPS) is 14.9. The van der Waals surface area contributed by atoms with E-state index in [0.29, 0.717) is 32.2 Å². The van der Waals surface area contributed by atoms with Gasteiger partial charge in [-0.25, -0.2) is 0 Å². The number of terminal acetylenes is 1. The minimum Gasteiger partial charge on any atom is -0.364 e. The van der Waals surface area contributed by atoms with E-state index in [1.54, 1.807) is 12.5 Å². The zero-order valence-corrected chi connectivity index (χ0v) is 10.6. The lowest BCUT2D eigenvalue weighted by molar-refractivity contribution is -0.121. The molecule has 0 atom stereocenters. The maximum Gasteiger partial charge on any atom is 0.220 e. The van der Waals surface area contributed by atoms with Gasteiger partial charge in [0.1, 0.15) is 6.26 Å². The molecule has 1 aromatic rings. The van der Waals surface area contributed by atoms with Gasteiger partial charge in [0.25, 0.3) is 0 Å². The van der Waals surface area contributed by atoms with Crippen molar-refractivity contribution in [2.45, 2.75) is 37.8 Å². The smallest absolute Gasteiger partial charge is 0.220 e. The number of carbonyl (C=O) groups excluding carboxylic acids is 1. The van der Waals surface area contributed by atoms with E-state index in [-0.39, 0.29) is 11.6 Å². The molecule has 0 unspecified atom stereocenters. The molecule has 6 nitrogen and oxygen atoms in total. The standard InChI is InChI=1S/C13H16N4O2/c1-2-3-6-13(16-17-13)7-4-12(18)14-8-5-11-9-15-19-10-11/h1,9-10H,3-8H2,(H,14,18). The van der Waals surface area contributed by atoms with Crippen LogP contribution in [0.2, 0.25) is 0 Å². The van der Waals surface area contributed by atoms with Crippen molar-refractivity contribution in [3.05, 3.63) is 18.0 Å². The maximum absolute atomic E-state index is 11.6. The maximum atomic E-state index is 11.6. The van der Waals surface area contributed by atoms with E-state index in [1.807, 2.05) is 0 Å². The summed E-state index contributed by atoms with van der Waals surface area (Å²) < 4.78 is 4.71. The molecule has 100 valence electrons. The molecule has 0 saturated carbocycles. The zero-order valence-electron chi connectivity index (χ0n) is 10.6. The molecular weight excluding hydrogens is 244 g/mol. The number of hydrogen-bond donors (Lipinski definition) is 1. The van der Waals surface area contributed by atoms with Crippen LogP contribution in [0.4, 0.5) is 0 Å². The Balaban J connectivity index is 1.59. The Hall–Kier alpha value is -2.16. The van der Waals surface area contributed by atoms with E-state index < -0.39 is 0 Å². The van der Waals surface area contributed by atoms with Gasteiger partial charge in [-0.2, -0.15) is 10.2 Å². The van der Waals surface area contributed by atoms with Gasteiger partial charge in [0, 0.05) is 37.8 Å². The third kappa shape index (κ3) is 4.21. The average molecular weight is 260 g/mol. The molecule has 19 heavy (non-hydrogen) atoms. The van der Waals surface area contributed by atoms with Gasteiger partial charge >= 0.3 is 0 Å². The molecule has 0 fully saturated rings. The number of aromatic nitrogens is 1. The van der Waals surface area contributed by atoms with Gasteiger partial charge in [0.2, 0.25) is 5.91 Å². The van der Waals surface area contributed by atoms with E-state index in [1.165, 1.54) is 0 Å². The summed E-state index contributed by atoms with van der Waals surface area (Å²) in [6, 6.07) is 0. The summed E-state index contributed by atoms with van der Waals surface area (Å²) in [5.74, 6) is 2.57. The van der Waals surface area contributed by atoms with Crippen LogP contribution in [0, 0.1) is 12.3 Å². The lowest BCUT2D eigenvalue weighted by atomic mass is 10.0. The van der Waals surface area contributed by atoms with Crippen LogP contribution in [0.1, 0.15) is 31.2 Å². The highest BCUT2D eigenvalue weighted by Crippen LogP contribution is 2.37. The van der Waals surface area contributed by atoms with Gasteiger partial charge in [-0.15, -0.1) is 12.3 Å². The molecule has 1 aliphatic heterocycles. The molecule has 0 aromatic carbocycles. The van der Waals surface area contributed by atoms with Gasteiger partial charge in [0.15, 0.2) is 5.66 Å². The fraction of sp³-hybridized carbons (Fsp3) is 0.538. The summed E-state index contributed by atoms with van der Waals surface area (Å²) in [7, 11) is 0. The fourth-order valence-corrected chi connectivity index (χ4v) is 1.77. The molecule has 2 rings (SSSR count). The Bertz CT molecular complexity index is 481. The van der Waals surface area contributed by atoms with Crippen LogP contribution in [0.25, 0.3) is 0 Å². The molecule has 0 aliphatic carbocycles. The van der Waals surface area contributed by atoms with Crippen LogP contribution in [-0.2, 0) is 11.2 Å². The van der Waals surface area contributed by atoms with Crippen molar-refractivity contribution in [2.75, 3.05) is 6.54 Å². The van der Waals surface area contributed by atoms with Crippen molar-refractivity contribution in [1.82, 2.24) is 10.5 Å². The average Bonchev–Trinajstić information content (AvgIpc) is 3.00. The van der Waals surface area contributed by atoms with Gasteiger partial charge in [0.05, 0.1) is 6.20 Å². The number of amides is 1. The molecule has 6 heteroatoms. The van der Waals surface area contributed by atoms with Crippen LogP contribution < -0.4 is 5.32 Å². The molecule has 1 N–H and O–H groups in total. The van der Waals surface area contributed by atoms with Crippen molar-refractivity contribution >= 4 is 5.91 Å². The van der Waals surface area contributed by atoms with E-state index in [0.717, 1.165) is 12.0 Å². The Kier molecular flexibility index (Phi) is 4.29. The number of nitrogens with zero attached hydrogens (tertiary/aromatic N) is 3. The Morgan fingerprint density at radius 1 is 1.47 bits per heavy atom. The van der Waals surface area contributed by atoms with Crippen molar-refractivity contribution < 1.29 is 9.32 Å². The third-order valence-electron chi connectivity index (χ3n) is 3.02. The van der Waals surface area contributed by atoms with Crippen molar-refractivity contribution in [3.8, 4) is 12.3 Å². The minimum atomic E-state index is -0.377. The molecule has 0 saturated heterocycles. The highest BCUT2D eigenvalue weighted by atomic mass is 16.5. The van der Waals surface area contributed by atoms with Gasteiger partial charge in [-0.3, -0.25) is 4.79 Å². The highest BCUT2D eigenvalue weighted by molar-refractivity contribution is 5.76. The predicted octanol–water partition coefficient (Wildman–Crippen LogP) is 1.69. The topological polar surface area (TPSA) is 79.9 Å². The second-order valence-electron chi connectivity index (χ2n) is 4.52. The van der Waals surface area contributed by atoms with E-state index in [4.69, 9.17) is 10.9 Å². The zero-order chi connectivity index (χ0) is 13.6. The van der Waals surface area contributed by atoms with E-state index in [2.05, 4.69) is 26.6 Å². The number of hydrogen-bond acceptors (Lipinski definition) is 5. The van der Waals surface area contributed by atoms with E-state index >= 15 is 0 Å². The summed E-state index contributed by atoms with van der Waals surface area (Å²) in [4.78, 5) is 11.6. The number of carbonyl (C=O) groups is 1. The van der Waals surface area contributed by atoms with Crippen LogP contribution >= 0.6 is 0 Å². The molecule has 1 amide bonds. The highest BCUT2D eigenvalue weighted by Gasteiger charge is 2.39. The van der Waals surface area contributed by atoms with E-state index in [9.17, 15) is 4.79 Å². The van der Waals surface area contributed by atoms with Crippen molar-refractivity contribution in [2.24, 2.45) is 10.2 Å². The Morgan fingerprint density at radius 3 is 2.95 bits per heavy atom. The summed E-state index contributed by atoms with van der Waals surface area (Å²) >= 11 is 0. The van der Waals surface area contributed by atoms with Crippen LogP contribution in [-0.4, -0.2) is 23.3 Å². The second-order valence-corrected chi connectivity index (χ2v) is 4.52. The monoisotopic (exact) mass is 260 g/mol. The minimum absolute atomic E-state index is 0.00818. The van der Waals surface area contributed by atoms with Crippen molar-refractivity contribution in [1.29, 1.82) is 0 Å². The molecular formula is C13H16N4O2. The largest absolute Gasteiger partial charge is 0.364 e. The fourth-order valence-electron chi connectivity index (χ4n) is 1.77. The first-order valence-corrected chi connectivity index (χ1v) is 6.27. The lowest BCUT2D eigenvalue weighted by Gasteiger charge is -2.08. The second kappa shape index (κ2) is 6.14. The molecule has 0 bridgehead atoms. The van der Waals surface area contributed by atoms with Crippen molar-refractivity contribution in [3.63, 3.8) is 0 Å². The number of nitrogens with one attached hydrogen (secondary N) is 1. The molecule has 2 heterocycles. The summed E-state index contributed by atoms with van der Waals surface area (Å²) in [5.41, 5.74) is 0.594. The lowest BCUT2D eigenvalue weighted by Crippen LogP contribution is -2.27. The molecule has 0 spiro atoms. The first-order chi connectivity index (χ1) is 9.24. The predicted molar refractivity (Wildman–Crippen MR) is 68.1 cm³/mol. The third-order valence-corrected chi connectivity index (χ3v) is 3.02. The summed E-state index contributed by atoms with van der Waals surface area (Å²) in [6.45, 7) is 0.575. The molecule has 1 aliphatic rings. The van der Waals surface area contributed by atoms with Crippen LogP contribution in [0.3, 0.4) is 0 Å². The van der Waals surface area contributed by atoms with Gasteiger partial charge in [-0.1, -0.05) is 5.16 Å². The van der Waals surface area contributed by atoms with Crippen LogP contribution in [0.5, 0.6) is 0 Å². The summed E-state index contributed by atoms with van der Waals surface area (Å²) in [5, 5.41) is 14.4. The summed E-state index contributed by atoms with van der Waals surface area (Å²) in [6.07, 6.45) is 11.6. The van der Waals surface area contributed by atoms with Gasteiger partial charge in [-0.05, 0) is 6.42 Å². The molecule has 0 radical (unpaired) electrons. The quantitative estimate of drug-likeness (QED) is 0.722. The Morgan fingerprint density at radius 2 is 2.32 bits per heavy atom. The molecule has 1 aromatic heterocycles. The number of rotatable bonds is 8. The van der Waals surface area contributed by atoms with Crippen LogP contribution in [0.15, 0.2) is 27.2 Å². The Labute approximate surface area is 111 Å². The first-order valence-electron chi connectivity index (χ1n) is 6.27. The van der Waals surface area contributed by atoms with Gasteiger partial charge < -0.3 is 9.84 Å².